The number of H-pyrrole nitrogens is 1. The summed E-state index contributed by atoms with van der Waals surface area (Å²) in [5.41, 5.74) is 3.92. The zero-order valence-corrected chi connectivity index (χ0v) is 16.8. The van der Waals surface area contributed by atoms with Crippen LogP contribution in [0.5, 0.6) is 0 Å². The molecular weight excluding hydrogens is 358 g/mol. The summed E-state index contributed by atoms with van der Waals surface area (Å²) in [5, 5.41) is 3.90. The molecule has 2 aromatic rings. The van der Waals surface area contributed by atoms with Crippen LogP contribution in [0.25, 0.3) is 0 Å². The first-order valence-electron chi connectivity index (χ1n) is 9.07. The molecule has 6 heteroatoms. The molecule has 0 unspecified atom stereocenters. The van der Waals surface area contributed by atoms with E-state index in [0.29, 0.717) is 23.0 Å². The van der Waals surface area contributed by atoms with Crippen LogP contribution in [0.15, 0.2) is 45.5 Å². The first-order valence-corrected chi connectivity index (χ1v) is 10.3. The maximum Gasteiger partial charge on any atom is 0.257 e. The molecular formula is C21H23N3O2S. The predicted octanol–water partition coefficient (Wildman–Crippen LogP) is 4.00. The van der Waals surface area contributed by atoms with Crippen LogP contribution in [0.1, 0.15) is 49.3 Å². The van der Waals surface area contributed by atoms with E-state index in [2.05, 4.69) is 35.2 Å². The number of anilines is 1. The lowest BCUT2D eigenvalue weighted by Crippen LogP contribution is -2.37. The average Bonchev–Trinajstić information content (AvgIpc) is 2.58. The molecule has 4 rings (SSSR count). The number of thioether (sulfide) groups is 1. The predicted molar refractivity (Wildman–Crippen MR) is 108 cm³/mol. The molecule has 1 aliphatic carbocycles. The number of allylic oxidation sites excluding steroid dienone is 2. The number of aromatic nitrogens is 2. The van der Waals surface area contributed by atoms with Crippen molar-refractivity contribution in [2.24, 2.45) is 5.41 Å². The highest BCUT2D eigenvalue weighted by molar-refractivity contribution is 7.98. The van der Waals surface area contributed by atoms with Crippen molar-refractivity contribution in [1.29, 1.82) is 0 Å². The molecule has 1 aromatic carbocycles. The molecule has 0 saturated heterocycles. The number of nitrogens with zero attached hydrogens (tertiary/aromatic N) is 1. The van der Waals surface area contributed by atoms with Gasteiger partial charge in [-0.1, -0.05) is 55.4 Å². The van der Waals surface area contributed by atoms with Gasteiger partial charge >= 0.3 is 0 Å². The lowest BCUT2D eigenvalue weighted by Gasteiger charge is -2.38. The average molecular weight is 382 g/mol. The molecule has 140 valence electrons. The number of benzene rings is 1. The fourth-order valence-corrected chi connectivity index (χ4v) is 4.55. The van der Waals surface area contributed by atoms with Gasteiger partial charge in [-0.3, -0.25) is 9.59 Å². The van der Waals surface area contributed by atoms with Gasteiger partial charge in [-0.15, -0.1) is 0 Å². The van der Waals surface area contributed by atoms with E-state index in [1.807, 2.05) is 31.4 Å². The Bertz CT molecular complexity index is 1040. The van der Waals surface area contributed by atoms with Crippen LogP contribution >= 0.6 is 11.8 Å². The standard InChI is InChI=1S/C21H23N3O2S/c1-11-6-5-7-12(8-11)15-16-13(9-21(2,3)10-14(16)25)22-18-17(15)19(26)24-20(23-18)27-4/h5-8,15H,9-10H2,1-4H3,(H2,22,23,24,26)/t15-/m0/s1. The van der Waals surface area contributed by atoms with Crippen molar-refractivity contribution in [3.8, 4) is 0 Å². The Labute approximate surface area is 162 Å². The van der Waals surface area contributed by atoms with Crippen LogP contribution in [0.2, 0.25) is 0 Å². The van der Waals surface area contributed by atoms with Gasteiger partial charge in [-0.05, 0) is 30.6 Å². The molecule has 2 heterocycles. The number of carbonyl (C=O) groups excluding carboxylic acids is 1. The van der Waals surface area contributed by atoms with Crippen molar-refractivity contribution < 1.29 is 4.79 Å². The van der Waals surface area contributed by atoms with Gasteiger partial charge in [0.25, 0.3) is 5.56 Å². The first-order chi connectivity index (χ1) is 12.8. The number of Topliss-reactive ketones (excluding diaryl/α,β-unsaturated/α-hetero) is 1. The maximum absolute atomic E-state index is 13.1. The number of carbonyl (C=O) groups is 1. The van der Waals surface area contributed by atoms with Gasteiger partial charge in [0.15, 0.2) is 10.9 Å². The molecule has 2 aliphatic rings. The Morgan fingerprint density at radius 2 is 2.00 bits per heavy atom. The molecule has 1 aromatic heterocycles. The second-order valence-corrected chi connectivity index (χ2v) is 8.94. The molecule has 1 aliphatic heterocycles. The van der Waals surface area contributed by atoms with Crippen molar-refractivity contribution in [2.75, 3.05) is 11.6 Å². The van der Waals surface area contributed by atoms with Gasteiger partial charge in [0.05, 0.1) is 5.56 Å². The summed E-state index contributed by atoms with van der Waals surface area (Å²) in [5.74, 6) is 0.296. The van der Waals surface area contributed by atoms with Gasteiger partial charge in [0.2, 0.25) is 0 Å². The minimum Gasteiger partial charge on any atom is -0.343 e. The minimum atomic E-state index is -0.382. The molecule has 27 heavy (non-hydrogen) atoms. The van der Waals surface area contributed by atoms with E-state index in [-0.39, 0.29) is 22.7 Å². The highest BCUT2D eigenvalue weighted by Gasteiger charge is 2.42. The van der Waals surface area contributed by atoms with Crippen molar-refractivity contribution in [3.63, 3.8) is 0 Å². The third-order valence-corrected chi connectivity index (χ3v) is 5.85. The summed E-state index contributed by atoms with van der Waals surface area (Å²) < 4.78 is 0. The second-order valence-electron chi connectivity index (χ2n) is 8.14. The Balaban J connectivity index is 1.99. The van der Waals surface area contributed by atoms with Gasteiger partial charge in [0.1, 0.15) is 5.82 Å². The highest BCUT2D eigenvalue weighted by atomic mass is 32.2. The van der Waals surface area contributed by atoms with Crippen molar-refractivity contribution in [2.45, 2.75) is 44.7 Å². The quantitative estimate of drug-likeness (QED) is 0.607. The SMILES string of the molecule is CSc1nc2c(c(=O)[nH]1)[C@@H](c1cccc(C)c1)C1=C(CC(C)(C)CC1=O)N2. The molecule has 0 saturated carbocycles. The zero-order chi connectivity index (χ0) is 19.3. The molecule has 2 N–H and O–H groups in total. The van der Waals surface area contributed by atoms with E-state index < -0.39 is 0 Å². The first kappa shape index (κ1) is 18.0. The summed E-state index contributed by atoms with van der Waals surface area (Å²) in [6.07, 6.45) is 3.13. The molecule has 5 nitrogen and oxygen atoms in total. The molecule has 0 radical (unpaired) electrons. The molecule has 0 fully saturated rings. The van der Waals surface area contributed by atoms with Crippen molar-refractivity contribution >= 4 is 23.4 Å². The number of hydrogen-bond acceptors (Lipinski definition) is 5. The summed E-state index contributed by atoms with van der Waals surface area (Å²) >= 11 is 1.40. The van der Waals surface area contributed by atoms with Crippen LogP contribution in [-0.4, -0.2) is 22.0 Å². The Morgan fingerprint density at radius 1 is 1.22 bits per heavy atom. The van der Waals surface area contributed by atoms with Crippen LogP contribution in [0.3, 0.4) is 0 Å². The minimum absolute atomic E-state index is 0.110. The Morgan fingerprint density at radius 3 is 2.70 bits per heavy atom. The monoisotopic (exact) mass is 381 g/mol. The van der Waals surface area contributed by atoms with E-state index >= 15 is 0 Å². The zero-order valence-electron chi connectivity index (χ0n) is 16.0. The summed E-state index contributed by atoms with van der Waals surface area (Å²) in [4.78, 5) is 33.5. The van der Waals surface area contributed by atoms with Crippen LogP contribution < -0.4 is 10.9 Å². The lowest BCUT2D eigenvalue weighted by molar-refractivity contribution is -0.118. The molecule has 0 spiro atoms. The summed E-state index contributed by atoms with van der Waals surface area (Å²) in [7, 11) is 0. The number of hydrogen-bond donors (Lipinski definition) is 2. The van der Waals surface area contributed by atoms with E-state index in [0.717, 1.165) is 28.8 Å². The highest BCUT2D eigenvalue weighted by Crippen LogP contribution is 2.47. The Kier molecular flexibility index (Phi) is 4.26. The van der Waals surface area contributed by atoms with Gasteiger partial charge < -0.3 is 10.3 Å². The van der Waals surface area contributed by atoms with E-state index in [1.54, 1.807) is 0 Å². The number of ketones is 1. The van der Waals surface area contributed by atoms with E-state index in [9.17, 15) is 9.59 Å². The third-order valence-electron chi connectivity index (χ3n) is 5.27. The fraction of sp³-hybridized carbons (Fsp3) is 0.381. The number of nitrogens with one attached hydrogen (secondary N) is 2. The summed E-state index contributed by atoms with van der Waals surface area (Å²) in [6.45, 7) is 6.23. The van der Waals surface area contributed by atoms with Gasteiger partial charge in [-0.2, -0.15) is 0 Å². The van der Waals surface area contributed by atoms with Crippen LogP contribution in [-0.2, 0) is 4.79 Å². The smallest absolute Gasteiger partial charge is 0.257 e. The molecule has 0 bridgehead atoms. The van der Waals surface area contributed by atoms with Gasteiger partial charge in [-0.25, -0.2) is 4.98 Å². The molecule has 0 amide bonds. The van der Waals surface area contributed by atoms with Crippen LogP contribution in [0, 0.1) is 12.3 Å². The number of rotatable bonds is 2. The van der Waals surface area contributed by atoms with E-state index in [1.165, 1.54) is 11.8 Å². The van der Waals surface area contributed by atoms with E-state index in [4.69, 9.17) is 0 Å². The fourth-order valence-electron chi connectivity index (χ4n) is 4.17. The Hall–Kier alpha value is -2.34. The van der Waals surface area contributed by atoms with Gasteiger partial charge in [0, 0.05) is 23.6 Å². The topological polar surface area (TPSA) is 74.8 Å². The van der Waals surface area contributed by atoms with Crippen molar-refractivity contribution in [3.05, 3.63) is 62.6 Å². The van der Waals surface area contributed by atoms with Crippen molar-refractivity contribution in [1.82, 2.24) is 9.97 Å². The lowest BCUT2D eigenvalue weighted by atomic mass is 9.69. The third kappa shape index (κ3) is 3.12. The number of fused-ring (bicyclic) bond motifs is 1. The molecule has 1 atom stereocenters. The normalized spacial score (nSPS) is 20.7. The summed E-state index contributed by atoms with van der Waals surface area (Å²) in [6, 6.07) is 8.04. The maximum atomic E-state index is 13.1. The second kappa shape index (κ2) is 6.37. The number of aryl methyl sites for hydroxylation is 1. The number of aromatic amines is 1. The van der Waals surface area contributed by atoms with Crippen LogP contribution in [0.4, 0.5) is 5.82 Å². The largest absolute Gasteiger partial charge is 0.343 e.